The number of halogens is 3. The van der Waals surface area contributed by atoms with Crippen LogP contribution in [0.2, 0.25) is 15.1 Å². The fourth-order valence-electron chi connectivity index (χ4n) is 3.37. The zero-order chi connectivity index (χ0) is 22.3. The molecule has 0 amide bonds. The molecule has 31 heavy (non-hydrogen) atoms. The van der Waals surface area contributed by atoms with Crippen LogP contribution in [-0.4, -0.2) is 10.8 Å². The molecule has 0 bridgehead atoms. The highest BCUT2D eigenvalue weighted by atomic mass is 35.5. The first-order chi connectivity index (χ1) is 14.7. The van der Waals surface area contributed by atoms with Crippen LogP contribution >= 0.6 is 34.8 Å². The summed E-state index contributed by atoms with van der Waals surface area (Å²) < 4.78 is 0. The SMILES string of the molecule is CC(C)CC1=NN(c2ccc3c([N+](=O)[O-])cccc3c2)N(c2cc(Cl)c(Cl)cc2Cl)N1. The molecule has 0 atom stereocenters. The summed E-state index contributed by atoms with van der Waals surface area (Å²) in [4.78, 5) is 11.0. The Morgan fingerprint density at radius 3 is 2.52 bits per heavy atom. The van der Waals surface area contributed by atoms with Crippen molar-refractivity contribution in [3.8, 4) is 0 Å². The second-order valence-corrected chi connectivity index (χ2v) is 8.74. The third-order valence-electron chi connectivity index (χ3n) is 4.73. The number of non-ortho nitro benzene ring substituents is 1. The average molecular weight is 479 g/mol. The molecule has 10 heteroatoms. The van der Waals surface area contributed by atoms with E-state index in [1.165, 1.54) is 6.07 Å². The van der Waals surface area contributed by atoms with Crippen LogP contribution in [0.25, 0.3) is 10.8 Å². The Kier molecular flexibility index (Phi) is 5.83. The minimum absolute atomic E-state index is 0.0528. The molecule has 3 aromatic carbocycles. The molecule has 0 spiro atoms. The molecule has 1 aliphatic rings. The van der Waals surface area contributed by atoms with Crippen LogP contribution in [0, 0.1) is 16.0 Å². The molecule has 7 nitrogen and oxygen atoms in total. The van der Waals surface area contributed by atoms with Gasteiger partial charge in [0.15, 0.2) is 0 Å². The van der Waals surface area contributed by atoms with Crippen LogP contribution in [-0.2, 0) is 0 Å². The van der Waals surface area contributed by atoms with Gasteiger partial charge in [-0.2, -0.15) is 10.2 Å². The van der Waals surface area contributed by atoms with Crippen molar-refractivity contribution in [3.63, 3.8) is 0 Å². The fraction of sp³-hybridized carbons (Fsp3) is 0.190. The average Bonchev–Trinajstić information content (AvgIpc) is 3.12. The van der Waals surface area contributed by atoms with Gasteiger partial charge in [-0.3, -0.25) is 15.5 Å². The number of rotatable bonds is 5. The van der Waals surface area contributed by atoms with Crippen molar-refractivity contribution in [1.82, 2.24) is 5.43 Å². The molecule has 1 N–H and O–H groups in total. The second kappa shape index (κ2) is 8.42. The minimum Gasteiger partial charge on any atom is -0.263 e. The molecule has 0 aromatic heterocycles. The number of nitro groups is 1. The summed E-state index contributed by atoms with van der Waals surface area (Å²) >= 11 is 18.8. The number of hydrogen-bond acceptors (Lipinski definition) is 6. The first-order valence-electron chi connectivity index (χ1n) is 9.50. The number of amidine groups is 1. The smallest absolute Gasteiger partial charge is 0.263 e. The molecule has 0 radical (unpaired) electrons. The highest BCUT2D eigenvalue weighted by Crippen LogP contribution is 2.38. The van der Waals surface area contributed by atoms with Gasteiger partial charge in [-0.05, 0) is 41.6 Å². The van der Waals surface area contributed by atoms with Gasteiger partial charge in [0.1, 0.15) is 11.5 Å². The molecular formula is C21H18Cl3N5O2. The Balaban J connectivity index is 1.81. The predicted molar refractivity (Wildman–Crippen MR) is 127 cm³/mol. The Bertz CT molecular complexity index is 1220. The van der Waals surface area contributed by atoms with E-state index in [1.807, 2.05) is 12.1 Å². The van der Waals surface area contributed by atoms with Crippen molar-refractivity contribution in [2.75, 3.05) is 10.2 Å². The summed E-state index contributed by atoms with van der Waals surface area (Å²) in [5, 5.41) is 21.8. The zero-order valence-corrected chi connectivity index (χ0v) is 18.9. The van der Waals surface area contributed by atoms with Crippen LogP contribution in [0.15, 0.2) is 53.6 Å². The minimum atomic E-state index is -0.389. The van der Waals surface area contributed by atoms with Crippen molar-refractivity contribution in [3.05, 3.63) is 73.7 Å². The van der Waals surface area contributed by atoms with Gasteiger partial charge < -0.3 is 0 Å². The van der Waals surface area contributed by atoms with E-state index in [4.69, 9.17) is 39.9 Å². The molecular weight excluding hydrogens is 461 g/mol. The third-order valence-corrected chi connectivity index (χ3v) is 5.75. The van der Waals surface area contributed by atoms with Gasteiger partial charge in [0.2, 0.25) is 0 Å². The summed E-state index contributed by atoms with van der Waals surface area (Å²) in [5.41, 5.74) is 4.58. The van der Waals surface area contributed by atoms with E-state index in [0.29, 0.717) is 44.2 Å². The lowest BCUT2D eigenvalue weighted by Gasteiger charge is -2.29. The summed E-state index contributed by atoms with van der Waals surface area (Å²) in [6.45, 7) is 4.19. The van der Waals surface area contributed by atoms with E-state index in [2.05, 4.69) is 19.3 Å². The maximum Gasteiger partial charge on any atom is 0.277 e. The van der Waals surface area contributed by atoms with Crippen LogP contribution in [0.4, 0.5) is 17.1 Å². The summed E-state index contributed by atoms with van der Waals surface area (Å²) in [6.07, 6.45) is 0.713. The topological polar surface area (TPSA) is 74.0 Å². The third kappa shape index (κ3) is 4.21. The molecule has 1 aliphatic heterocycles. The number of anilines is 2. The molecule has 0 saturated carbocycles. The van der Waals surface area contributed by atoms with Crippen LogP contribution in [0.1, 0.15) is 20.3 Å². The van der Waals surface area contributed by atoms with Crippen molar-refractivity contribution >= 4 is 68.5 Å². The zero-order valence-electron chi connectivity index (χ0n) is 16.6. The molecule has 4 rings (SSSR count). The number of nitrogens with one attached hydrogen (secondary N) is 1. The van der Waals surface area contributed by atoms with Gasteiger partial charge in [-0.15, -0.1) is 5.10 Å². The van der Waals surface area contributed by atoms with Gasteiger partial charge >= 0.3 is 0 Å². The van der Waals surface area contributed by atoms with Crippen molar-refractivity contribution in [2.24, 2.45) is 11.0 Å². The van der Waals surface area contributed by atoms with Crippen LogP contribution < -0.4 is 15.7 Å². The molecule has 160 valence electrons. The summed E-state index contributed by atoms with van der Waals surface area (Å²) in [5.74, 6) is 1.12. The molecule has 3 aromatic rings. The Morgan fingerprint density at radius 2 is 1.81 bits per heavy atom. The fourth-order valence-corrected chi connectivity index (χ4v) is 3.99. The molecule has 0 saturated heterocycles. The highest BCUT2D eigenvalue weighted by Gasteiger charge is 2.28. The van der Waals surface area contributed by atoms with Crippen LogP contribution in [0.5, 0.6) is 0 Å². The first kappa shape index (κ1) is 21.5. The van der Waals surface area contributed by atoms with E-state index < -0.39 is 0 Å². The second-order valence-electron chi connectivity index (χ2n) is 7.52. The van der Waals surface area contributed by atoms with Gasteiger partial charge in [-0.25, -0.2) is 0 Å². The largest absolute Gasteiger partial charge is 0.277 e. The molecule has 0 unspecified atom stereocenters. The number of benzene rings is 3. The van der Waals surface area contributed by atoms with Gasteiger partial charge in [0.25, 0.3) is 5.69 Å². The summed E-state index contributed by atoms with van der Waals surface area (Å²) in [6, 6.07) is 13.5. The number of nitrogens with zero attached hydrogens (tertiary/aromatic N) is 4. The lowest BCUT2D eigenvalue weighted by molar-refractivity contribution is -0.383. The van der Waals surface area contributed by atoms with Crippen LogP contribution in [0.3, 0.4) is 0 Å². The number of hydrogen-bond donors (Lipinski definition) is 1. The summed E-state index contributed by atoms with van der Waals surface area (Å²) in [7, 11) is 0. The quantitative estimate of drug-likeness (QED) is 0.247. The van der Waals surface area contributed by atoms with Crippen molar-refractivity contribution < 1.29 is 4.92 Å². The van der Waals surface area contributed by atoms with E-state index in [-0.39, 0.29) is 10.6 Å². The highest BCUT2D eigenvalue weighted by molar-refractivity contribution is 6.44. The van der Waals surface area contributed by atoms with E-state index in [1.54, 1.807) is 40.6 Å². The number of nitro benzene ring substituents is 1. The van der Waals surface area contributed by atoms with E-state index >= 15 is 0 Å². The number of fused-ring (bicyclic) bond motifs is 1. The molecule has 0 aliphatic carbocycles. The maximum atomic E-state index is 11.4. The van der Waals surface area contributed by atoms with Crippen molar-refractivity contribution in [2.45, 2.75) is 20.3 Å². The van der Waals surface area contributed by atoms with Gasteiger partial charge in [0.05, 0.1) is 31.1 Å². The Morgan fingerprint density at radius 1 is 1.06 bits per heavy atom. The van der Waals surface area contributed by atoms with E-state index in [0.717, 1.165) is 11.2 Å². The first-order valence-corrected chi connectivity index (χ1v) is 10.6. The number of hydrazine groups is 2. The van der Waals surface area contributed by atoms with Gasteiger partial charge in [-0.1, -0.05) is 60.8 Å². The predicted octanol–water partition coefficient (Wildman–Crippen LogP) is 6.81. The maximum absolute atomic E-state index is 11.4. The number of hydrazone groups is 1. The van der Waals surface area contributed by atoms with Crippen molar-refractivity contribution in [1.29, 1.82) is 0 Å². The lowest BCUT2D eigenvalue weighted by Crippen LogP contribution is -2.45. The standard InChI is InChI=1S/C21H18Cl3N5O2/c1-12(2)8-21-25-27(28(26-21)20-11-17(23)16(22)10-18(20)24)14-6-7-15-13(9-14)4-3-5-19(15)29(30)31/h3-7,9-12H,8H2,1-2H3,(H,25,26). The normalized spacial score (nSPS) is 13.7. The Hall–Kier alpha value is -2.74. The van der Waals surface area contributed by atoms with Gasteiger partial charge in [0, 0.05) is 12.5 Å². The lowest BCUT2D eigenvalue weighted by atomic mass is 10.1. The molecule has 0 fully saturated rings. The Labute approximate surface area is 193 Å². The monoisotopic (exact) mass is 477 g/mol. The van der Waals surface area contributed by atoms with E-state index in [9.17, 15) is 10.1 Å². The molecule has 1 heterocycles.